The lowest BCUT2D eigenvalue weighted by Crippen LogP contribution is -2.30. The summed E-state index contributed by atoms with van der Waals surface area (Å²) in [6.45, 7) is 6.53. The van der Waals surface area contributed by atoms with Gasteiger partial charge in [0.15, 0.2) is 6.10 Å². The van der Waals surface area contributed by atoms with Crippen molar-refractivity contribution in [1.82, 2.24) is 0 Å². The number of hydrogen-bond donors (Lipinski definition) is 0. The quantitative estimate of drug-likeness (QED) is 0.0261. The van der Waals surface area contributed by atoms with Gasteiger partial charge >= 0.3 is 17.9 Å². The summed E-state index contributed by atoms with van der Waals surface area (Å²) in [5.74, 6) is -0.892. The number of hydrogen-bond acceptors (Lipinski definition) is 6. The molecule has 0 aliphatic carbocycles. The van der Waals surface area contributed by atoms with E-state index in [1.54, 1.807) is 0 Å². The van der Waals surface area contributed by atoms with Crippen LogP contribution in [0.4, 0.5) is 0 Å². The minimum atomic E-state index is -0.791. The molecular formula is C75H128O6. The van der Waals surface area contributed by atoms with Crippen molar-refractivity contribution in [2.75, 3.05) is 13.2 Å². The summed E-state index contributed by atoms with van der Waals surface area (Å²) in [5, 5.41) is 0. The second-order valence-electron chi connectivity index (χ2n) is 22.7. The number of ether oxygens (including phenoxy) is 3. The first kappa shape index (κ1) is 77.1. The molecule has 0 rings (SSSR count). The van der Waals surface area contributed by atoms with Crippen LogP contribution in [-0.2, 0) is 28.6 Å². The van der Waals surface area contributed by atoms with E-state index < -0.39 is 6.10 Å². The largest absolute Gasteiger partial charge is 0.462 e. The Bertz CT molecular complexity index is 1620. The Kier molecular flexibility index (Phi) is 65.2. The number of carbonyl (C=O) groups excluding carboxylic acids is 3. The predicted octanol–water partition coefficient (Wildman–Crippen LogP) is 23.8. The van der Waals surface area contributed by atoms with Crippen LogP contribution in [0, 0.1) is 0 Å². The molecule has 0 bridgehead atoms. The molecule has 1 atom stereocenters. The van der Waals surface area contributed by atoms with E-state index in [2.05, 4.69) is 130 Å². The Morgan fingerprint density at radius 2 is 0.481 bits per heavy atom. The molecule has 6 heteroatoms. The van der Waals surface area contributed by atoms with Crippen LogP contribution in [0.3, 0.4) is 0 Å². The molecule has 0 saturated heterocycles. The summed E-state index contributed by atoms with van der Waals surface area (Å²) >= 11 is 0. The van der Waals surface area contributed by atoms with Gasteiger partial charge in [0.25, 0.3) is 0 Å². The molecule has 6 nitrogen and oxygen atoms in total. The summed E-state index contributed by atoms with van der Waals surface area (Å²) in [4.78, 5) is 38.4. The Hall–Kier alpha value is -3.93. The van der Waals surface area contributed by atoms with Crippen molar-refractivity contribution in [3.05, 3.63) is 109 Å². The first-order valence-electron chi connectivity index (χ1n) is 34.4. The van der Waals surface area contributed by atoms with E-state index in [4.69, 9.17) is 14.2 Å². The van der Waals surface area contributed by atoms with E-state index >= 15 is 0 Å². The molecule has 0 spiro atoms. The van der Waals surface area contributed by atoms with Gasteiger partial charge in [0.1, 0.15) is 13.2 Å². The lowest BCUT2D eigenvalue weighted by molar-refractivity contribution is -0.167. The number of esters is 3. The molecule has 464 valence electrons. The zero-order chi connectivity index (χ0) is 58.5. The SMILES string of the molecule is CC/C=C\C/C=C\C/C=C\C/C=C\C/C=C\C/C=C\CCCCCCCCCCC(=O)OCC(COC(=O)CCCCCCCCCCCCCCCCC)OC(=O)CCCCCCCC/C=C\C/C=C\C/C=C\CCCCCCC. The van der Waals surface area contributed by atoms with E-state index in [0.29, 0.717) is 19.3 Å². The van der Waals surface area contributed by atoms with E-state index in [0.717, 1.165) is 128 Å². The van der Waals surface area contributed by atoms with Gasteiger partial charge in [-0.3, -0.25) is 14.4 Å². The van der Waals surface area contributed by atoms with Gasteiger partial charge in [-0.05, 0) is 109 Å². The van der Waals surface area contributed by atoms with Crippen LogP contribution in [0.25, 0.3) is 0 Å². The zero-order valence-electron chi connectivity index (χ0n) is 53.3. The van der Waals surface area contributed by atoms with Gasteiger partial charge < -0.3 is 14.2 Å². The third-order valence-corrected chi connectivity index (χ3v) is 14.8. The van der Waals surface area contributed by atoms with Crippen LogP contribution >= 0.6 is 0 Å². The normalized spacial score (nSPS) is 12.8. The fraction of sp³-hybridized carbons (Fsp3) is 0.720. The summed E-state index contributed by atoms with van der Waals surface area (Å²) in [6.07, 6.45) is 93.8. The summed E-state index contributed by atoms with van der Waals surface area (Å²) < 4.78 is 17.0. The maximum atomic E-state index is 12.9. The van der Waals surface area contributed by atoms with Gasteiger partial charge in [0.05, 0.1) is 0 Å². The van der Waals surface area contributed by atoms with Gasteiger partial charge in [-0.1, -0.05) is 310 Å². The monoisotopic (exact) mass is 1120 g/mol. The van der Waals surface area contributed by atoms with Gasteiger partial charge in [0, 0.05) is 19.3 Å². The molecule has 0 radical (unpaired) electrons. The van der Waals surface area contributed by atoms with E-state index in [1.807, 2.05) is 0 Å². The average Bonchev–Trinajstić information content (AvgIpc) is 3.47. The van der Waals surface area contributed by atoms with Gasteiger partial charge in [-0.15, -0.1) is 0 Å². The van der Waals surface area contributed by atoms with Gasteiger partial charge in [-0.2, -0.15) is 0 Å². The van der Waals surface area contributed by atoms with Crippen LogP contribution in [0.5, 0.6) is 0 Å². The second kappa shape index (κ2) is 68.6. The molecule has 0 aromatic carbocycles. The van der Waals surface area contributed by atoms with Crippen molar-refractivity contribution in [3.8, 4) is 0 Å². The second-order valence-corrected chi connectivity index (χ2v) is 22.7. The van der Waals surface area contributed by atoms with E-state index in [1.165, 1.54) is 161 Å². The maximum Gasteiger partial charge on any atom is 0.306 e. The van der Waals surface area contributed by atoms with E-state index in [9.17, 15) is 14.4 Å². The fourth-order valence-corrected chi connectivity index (χ4v) is 9.63. The van der Waals surface area contributed by atoms with Crippen LogP contribution in [0.15, 0.2) is 109 Å². The van der Waals surface area contributed by atoms with Crippen molar-refractivity contribution >= 4 is 17.9 Å². The molecule has 0 aromatic heterocycles. The van der Waals surface area contributed by atoms with Crippen molar-refractivity contribution in [2.45, 2.75) is 335 Å². The highest BCUT2D eigenvalue weighted by molar-refractivity contribution is 5.71. The van der Waals surface area contributed by atoms with Crippen LogP contribution in [0.2, 0.25) is 0 Å². The molecule has 0 saturated carbocycles. The highest BCUT2D eigenvalue weighted by atomic mass is 16.6. The average molecular weight is 1130 g/mol. The van der Waals surface area contributed by atoms with Gasteiger partial charge in [0.2, 0.25) is 0 Å². The standard InChI is InChI=1S/C75H128O6/c1-4-7-10-13-16-19-22-25-28-30-32-34-35-36-37-38-39-41-42-44-47-50-53-56-59-62-65-68-74(77)80-71-72(70-79-73(76)67-64-61-58-55-52-49-46-27-24-21-18-15-12-9-6-3)81-75(78)69-66-63-60-57-54-51-48-45-43-40-33-31-29-26-23-20-17-14-11-8-5-2/h7,10,16,19,23,25-26,28,31-34,36-37,39,41,43,45,72H,4-6,8-9,11-15,17-18,20-22,24,27,29-30,35,38,40,42,44,46-71H2,1-3H3/b10-7-,19-16-,26-23-,28-25-,33-31-,34-32-,37-36-,41-39-,45-43-. The molecule has 0 aromatic rings. The molecule has 0 fully saturated rings. The number of carbonyl (C=O) groups is 3. The molecule has 0 aliphatic heterocycles. The molecule has 0 aliphatic rings. The Morgan fingerprint density at radius 3 is 0.753 bits per heavy atom. The Balaban J connectivity index is 4.38. The zero-order valence-corrected chi connectivity index (χ0v) is 53.3. The lowest BCUT2D eigenvalue weighted by atomic mass is 10.0. The van der Waals surface area contributed by atoms with Crippen molar-refractivity contribution < 1.29 is 28.6 Å². The Labute approximate surface area is 501 Å². The fourth-order valence-electron chi connectivity index (χ4n) is 9.63. The minimum absolute atomic E-state index is 0.0840. The van der Waals surface area contributed by atoms with E-state index in [-0.39, 0.29) is 31.1 Å². The van der Waals surface area contributed by atoms with Crippen LogP contribution < -0.4 is 0 Å². The summed E-state index contributed by atoms with van der Waals surface area (Å²) in [6, 6.07) is 0. The van der Waals surface area contributed by atoms with Gasteiger partial charge in [-0.25, -0.2) is 0 Å². The maximum absolute atomic E-state index is 12.9. The number of rotatable bonds is 62. The van der Waals surface area contributed by atoms with Crippen molar-refractivity contribution in [1.29, 1.82) is 0 Å². The first-order chi connectivity index (χ1) is 40.0. The highest BCUT2D eigenvalue weighted by Gasteiger charge is 2.19. The third kappa shape index (κ3) is 66.8. The molecular weight excluding hydrogens is 997 g/mol. The molecule has 0 heterocycles. The summed E-state index contributed by atoms with van der Waals surface area (Å²) in [7, 11) is 0. The smallest absolute Gasteiger partial charge is 0.306 e. The van der Waals surface area contributed by atoms with Crippen molar-refractivity contribution in [3.63, 3.8) is 0 Å². The topological polar surface area (TPSA) is 78.9 Å². The van der Waals surface area contributed by atoms with Crippen LogP contribution in [0.1, 0.15) is 329 Å². The van der Waals surface area contributed by atoms with Crippen LogP contribution in [-0.4, -0.2) is 37.2 Å². The molecule has 0 amide bonds. The van der Waals surface area contributed by atoms with Crippen molar-refractivity contribution in [2.24, 2.45) is 0 Å². The highest BCUT2D eigenvalue weighted by Crippen LogP contribution is 2.16. The number of allylic oxidation sites excluding steroid dienone is 18. The molecule has 1 unspecified atom stereocenters. The number of unbranched alkanes of at least 4 members (excludes halogenated alkanes) is 33. The predicted molar refractivity (Wildman–Crippen MR) is 353 cm³/mol. The third-order valence-electron chi connectivity index (χ3n) is 14.8. The first-order valence-corrected chi connectivity index (χ1v) is 34.4. The molecule has 0 N–H and O–H groups in total. The lowest BCUT2D eigenvalue weighted by Gasteiger charge is -2.18. The Morgan fingerprint density at radius 1 is 0.259 bits per heavy atom. The molecule has 81 heavy (non-hydrogen) atoms. The summed E-state index contributed by atoms with van der Waals surface area (Å²) in [5.41, 5.74) is 0. The minimum Gasteiger partial charge on any atom is -0.462 e.